The van der Waals surface area contributed by atoms with Gasteiger partial charge in [-0.2, -0.15) is 4.98 Å². The second kappa shape index (κ2) is 7.71. The zero-order valence-electron chi connectivity index (χ0n) is 15.8. The van der Waals surface area contributed by atoms with Gasteiger partial charge in [0.2, 0.25) is 5.95 Å². The Morgan fingerprint density at radius 1 is 1.12 bits per heavy atom. The molecule has 2 fully saturated rings. The number of halogens is 1. The highest BCUT2D eigenvalue weighted by Gasteiger charge is 2.28. The van der Waals surface area contributed by atoms with Crippen molar-refractivity contribution in [3.63, 3.8) is 0 Å². The third kappa shape index (κ3) is 4.13. The molecule has 0 spiro atoms. The van der Waals surface area contributed by atoms with Crippen LogP contribution in [0, 0.1) is 17.8 Å². The molecule has 1 aromatic carbocycles. The van der Waals surface area contributed by atoms with Gasteiger partial charge in [-0.3, -0.25) is 0 Å². The first-order valence-corrected chi connectivity index (χ1v) is 10.9. The Kier molecular flexibility index (Phi) is 5.35. The minimum atomic E-state index is 0.458. The maximum atomic E-state index is 4.84. The molecule has 2 aliphatic rings. The molecule has 2 aliphatic carbocycles. The molecule has 4 rings (SSSR count). The van der Waals surface area contributed by atoms with E-state index in [4.69, 9.17) is 9.97 Å². The van der Waals surface area contributed by atoms with Gasteiger partial charge >= 0.3 is 0 Å². The van der Waals surface area contributed by atoms with Crippen molar-refractivity contribution in [3.8, 4) is 0 Å². The molecule has 5 heteroatoms. The molecule has 140 valence electrons. The summed E-state index contributed by atoms with van der Waals surface area (Å²) in [5, 5.41) is 8.26. The summed E-state index contributed by atoms with van der Waals surface area (Å²) in [6.07, 6.45) is 7.98. The maximum absolute atomic E-state index is 4.84. The van der Waals surface area contributed by atoms with E-state index in [1.807, 2.05) is 0 Å². The minimum Gasteiger partial charge on any atom is -0.367 e. The number of benzene rings is 1. The molecule has 0 bridgehead atoms. The number of hydrogen-bond acceptors (Lipinski definition) is 4. The molecule has 1 atom stereocenters. The van der Waals surface area contributed by atoms with Crippen LogP contribution in [-0.4, -0.2) is 22.6 Å². The van der Waals surface area contributed by atoms with Crippen LogP contribution in [0.3, 0.4) is 0 Å². The van der Waals surface area contributed by atoms with Crippen molar-refractivity contribution in [2.45, 2.75) is 58.4 Å². The van der Waals surface area contributed by atoms with Crippen LogP contribution >= 0.6 is 15.9 Å². The van der Waals surface area contributed by atoms with Crippen molar-refractivity contribution in [3.05, 3.63) is 22.7 Å². The first-order chi connectivity index (χ1) is 12.6. The lowest BCUT2D eigenvalue weighted by Gasteiger charge is -2.26. The van der Waals surface area contributed by atoms with Crippen LogP contribution < -0.4 is 10.6 Å². The number of nitrogens with one attached hydrogen (secondary N) is 2. The lowest BCUT2D eigenvalue weighted by Crippen LogP contribution is -2.22. The zero-order chi connectivity index (χ0) is 18.1. The fourth-order valence-electron chi connectivity index (χ4n) is 4.00. The van der Waals surface area contributed by atoms with Crippen LogP contribution in [0.5, 0.6) is 0 Å². The first-order valence-electron chi connectivity index (χ1n) is 10.1. The number of fused-ring (bicyclic) bond motifs is 1. The molecule has 1 unspecified atom stereocenters. The van der Waals surface area contributed by atoms with Crippen molar-refractivity contribution in [1.29, 1.82) is 0 Å². The maximum Gasteiger partial charge on any atom is 0.225 e. The molecule has 1 aromatic heterocycles. The van der Waals surface area contributed by atoms with Crippen LogP contribution in [0.1, 0.15) is 52.4 Å². The van der Waals surface area contributed by atoms with Crippen molar-refractivity contribution >= 4 is 38.6 Å². The molecule has 4 nitrogen and oxygen atoms in total. The summed E-state index contributed by atoms with van der Waals surface area (Å²) in [7, 11) is 0. The normalized spacial score (nSPS) is 24.4. The Balaban J connectivity index is 1.54. The number of nitrogens with zero attached hydrogens (tertiary/aromatic N) is 2. The van der Waals surface area contributed by atoms with E-state index in [-0.39, 0.29) is 0 Å². The van der Waals surface area contributed by atoms with Crippen molar-refractivity contribution in [2.75, 3.05) is 17.2 Å². The summed E-state index contributed by atoms with van der Waals surface area (Å²) >= 11 is 3.66. The fourth-order valence-corrected chi connectivity index (χ4v) is 4.46. The minimum absolute atomic E-state index is 0.458. The number of para-hydroxylation sites is 1. The van der Waals surface area contributed by atoms with E-state index in [1.54, 1.807) is 0 Å². The second-order valence-corrected chi connectivity index (χ2v) is 9.16. The summed E-state index contributed by atoms with van der Waals surface area (Å²) in [6, 6.07) is 6.67. The van der Waals surface area contributed by atoms with E-state index >= 15 is 0 Å². The summed E-state index contributed by atoms with van der Waals surface area (Å²) in [6.45, 7) is 5.60. The first kappa shape index (κ1) is 18.0. The topological polar surface area (TPSA) is 49.8 Å². The molecule has 2 N–H and O–H groups in total. The largest absolute Gasteiger partial charge is 0.367 e. The zero-order valence-corrected chi connectivity index (χ0v) is 17.3. The van der Waals surface area contributed by atoms with E-state index < -0.39 is 0 Å². The van der Waals surface area contributed by atoms with Crippen LogP contribution in [0.25, 0.3) is 10.9 Å². The van der Waals surface area contributed by atoms with Gasteiger partial charge in [0.1, 0.15) is 5.82 Å². The molecule has 26 heavy (non-hydrogen) atoms. The average molecular weight is 417 g/mol. The predicted octanol–water partition coefficient (Wildman–Crippen LogP) is 5.84. The molecule has 0 radical (unpaired) electrons. The van der Waals surface area contributed by atoms with Gasteiger partial charge in [-0.1, -0.05) is 25.8 Å². The van der Waals surface area contributed by atoms with Crippen LogP contribution in [-0.2, 0) is 0 Å². The Morgan fingerprint density at radius 2 is 1.88 bits per heavy atom. The Morgan fingerprint density at radius 3 is 2.62 bits per heavy atom. The molecule has 1 heterocycles. The van der Waals surface area contributed by atoms with Gasteiger partial charge in [0.15, 0.2) is 0 Å². The molecule has 0 aliphatic heterocycles. The van der Waals surface area contributed by atoms with Crippen molar-refractivity contribution < 1.29 is 0 Å². The Bertz CT molecular complexity index is 766. The van der Waals surface area contributed by atoms with E-state index in [0.29, 0.717) is 6.04 Å². The summed E-state index contributed by atoms with van der Waals surface area (Å²) in [4.78, 5) is 9.63. The highest BCUT2D eigenvalue weighted by molar-refractivity contribution is 9.10. The van der Waals surface area contributed by atoms with Gasteiger partial charge in [0.25, 0.3) is 0 Å². The highest BCUT2D eigenvalue weighted by atomic mass is 79.9. The SMILES string of the molecule is CC1CCC(CNc2nc(NC(C)C3CC3)c3cccc(Br)c3n2)CC1. The van der Waals surface area contributed by atoms with Gasteiger partial charge in [-0.25, -0.2) is 4.98 Å². The molecule has 0 saturated heterocycles. The smallest absolute Gasteiger partial charge is 0.225 e. The average Bonchev–Trinajstić information content (AvgIpc) is 3.47. The van der Waals surface area contributed by atoms with Gasteiger partial charge in [-0.05, 0) is 78.4 Å². The van der Waals surface area contributed by atoms with Gasteiger partial charge in [0.05, 0.1) is 5.52 Å². The monoisotopic (exact) mass is 416 g/mol. The van der Waals surface area contributed by atoms with Gasteiger partial charge in [-0.15, -0.1) is 0 Å². The summed E-state index contributed by atoms with van der Waals surface area (Å²) in [5.41, 5.74) is 0.979. The number of hydrogen-bond donors (Lipinski definition) is 2. The number of aromatic nitrogens is 2. The van der Waals surface area contributed by atoms with Gasteiger partial charge in [0, 0.05) is 22.4 Å². The quantitative estimate of drug-likeness (QED) is 0.620. The standard InChI is InChI=1S/C21H29BrN4/c1-13-6-8-15(9-7-13)12-23-21-25-19-17(4-3-5-18(19)22)20(26-21)24-14(2)16-10-11-16/h3-5,13-16H,6-12H2,1-2H3,(H2,23,24,25,26). The molecule has 2 saturated carbocycles. The van der Waals surface area contributed by atoms with Gasteiger partial charge < -0.3 is 10.6 Å². The van der Waals surface area contributed by atoms with Crippen LogP contribution in [0.2, 0.25) is 0 Å². The lowest BCUT2D eigenvalue weighted by atomic mass is 9.83. The highest BCUT2D eigenvalue weighted by Crippen LogP contribution is 2.36. The van der Waals surface area contributed by atoms with E-state index in [0.717, 1.165) is 51.4 Å². The summed E-state index contributed by atoms with van der Waals surface area (Å²) < 4.78 is 1.02. The summed E-state index contributed by atoms with van der Waals surface area (Å²) in [5.74, 6) is 4.11. The Labute approximate surface area is 164 Å². The third-order valence-electron chi connectivity index (χ3n) is 6.06. The van der Waals surface area contributed by atoms with E-state index in [2.05, 4.69) is 58.6 Å². The fraction of sp³-hybridized carbons (Fsp3) is 0.619. The van der Waals surface area contributed by atoms with Crippen molar-refractivity contribution in [2.24, 2.45) is 17.8 Å². The number of anilines is 2. The van der Waals surface area contributed by atoms with Crippen LogP contribution in [0.15, 0.2) is 22.7 Å². The lowest BCUT2D eigenvalue weighted by molar-refractivity contribution is 0.300. The molecular weight excluding hydrogens is 388 g/mol. The van der Waals surface area contributed by atoms with E-state index in [1.165, 1.54) is 38.5 Å². The third-order valence-corrected chi connectivity index (χ3v) is 6.70. The van der Waals surface area contributed by atoms with E-state index in [9.17, 15) is 0 Å². The Hall–Kier alpha value is -1.36. The molecule has 2 aromatic rings. The molecule has 0 amide bonds. The number of rotatable bonds is 6. The van der Waals surface area contributed by atoms with Crippen LogP contribution in [0.4, 0.5) is 11.8 Å². The van der Waals surface area contributed by atoms with Crippen molar-refractivity contribution in [1.82, 2.24) is 9.97 Å². The molecular formula is C21H29BrN4. The second-order valence-electron chi connectivity index (χ2n) is 8.31. The predicted molar refractivity (Wildman–Crippen MR) is 113 cm³/mol.